The number of esters is 1. The van der Waals surface area contributed by atoms with Crippen LogP contribution in [0.15, 0.2) is 40.9 Å². The van der Waals surface area contributed by atoms with Crippen LogP contribution < -0.4 is 11.1 Å². The van der Waals surface area contributed by atoms with E-state index in [-0.39, 0.29) is 0 Å². The van der Waals surface area contributed by atoms with Crippen molar-refractivity contribution in [2.24, 2.45) is 0 Å². The molecule has 0 aliphatic carbocycles. The molecule has 0 aliphatic rings. The lowest BCUT2D eigenvalue weighted by Gasteiger charge is -2.15. The van der Waals surface area contributed by atoms with Gasteiger partial charge in [0.2, 0.25) is 0 Å². The number of hydrogen-bond acceptors (Lipinski definition) is 4. The van der Waals surface area contributed by atoms with E-state index in [0.717, 1.165) is 4.47 Å². The maximum atomic E-state index is 12.0. The van der Waals surface area contributed by atoms with Gasteiger partial charge >= 0.3 is 5.97 Å². The first-order chi connectivity index (χ1) is 10.0. The van der Waals surface area contributed by atoms with Gasteiger partial charge in [0.05, 0.1) is 29.2 Å². The van der Waals surface area contributed by atoms with Crippen LogP contribution in [0.2, 0.25) is 5.02 Å². The summed E-state index contributed by atoms with van der Waals surface area (Å²) in [5.74, 6) is -0.426. The van der Waals surface area contributed by atoms with Crippen LogP contribution >= 0.6 is 27.5 Å². The van der Waals surface area contributed by atoms with Gasteiger partial charge in [0.15, 0.2) is 0 Å². The number of benzene rings is 2. The molecule has 0 saturated carbocycles. The second-order valence-corrected chi connectivity index (χ2v) is 5.53. The second kappa shape index (κ2) is 6.83. The Morgan fingerprint density at radius 1 is 1.38 bits per heavy atom. The van der Waals surface area contributed by atoms with E-state index in [9.17, 15) is 4.79 Å². The molecule has 0 aliphatic heterocycles. The highest BCUT2D eigenvalue weighted by Crippen LogP contribution is 2.33. The molecule has 0 heterocycles. The maximum Gasteiger partial charge on any atom is 0.340 e. The summed E-state index contributed by atoms with van der Waals surface area (Å²) in [6.45, 7) is 2.05. The predicted molar refractivity (Wildman–Crippen MR) is 89.2 cm³/mol. The molecule has 4 nitrogen and oxygen atoms in total. The Balaban J connectivity index is 2.43. The van der Waals surface area contributed by atoms with Crippen LogP contribution in [-0.4, -0.2) is 12.6 Å². The summed E-state index contributed by atoms with van der Waals surface area (Å²) in [5.41, 5.74) is 8.02. The summed E-state index contributed by atoms with van der Waals surface area (Å²) in [7, 11) is 0. The number of hydrogen-bond donors (Lipinski definition) is 2. The van der Waals surface area contributed by atoms with Gasteiger partial charge in [-0.2, -0.15) is 0 Å². The van der Waals surface area contributed by atoms with E-state index in [2.05, 4.69) is 21.2 Å². The quantitative estimate of drug-likeness (QED) is 0.610. The summed E-state index contributed by atoms with van der Waals surface area (Å²) in [5, 5.41) is 3.71. The van der Waals surface area contributed by atoms with Crippen molar-refractivity contribution in [2.75, 3.05) is 17.7 Å². The zero-order valence-electron chi connectivity index (χ0n) is 11.3. The third-order valence-electron chi connectivity index (χ3n) is 2.78. The predicted octanol–water partition coefficient (Wildman–Crippen LogP) is 4.61. The average Bonchev–Trinajstić information content (AvgIpc) is 2.45. The van der Waals surface area contributed by atoms with Gasteiger partial charge in [-0.15, -0.1) is 0 Å². The van der Waals surface area contributed by atoms with Crippen molar-refractivity contribution in [3.63, 3.8) is 0 Å². The number of ether oxygens (including phenoxy) is 1. The van der Waals surface area contributed by atoms with Crippen LogP contribution in [-0.2, 0) is 4.74 Å². The van der Waals surface area contributed by atoms with Gasteiger partial charge in [0.1, 0.15) is 0 Å². The van der Waals surface area contributed by atoms with Gasteiger partial charge in [-0.25, -0.2) is 4.79 Å². The highest BCUT2D eigenvalue weighted by molar-refractivity contribution is 9.10. The molecule has 6 heteroatoms. The monoisotopic (exact) mass is 368 g/mol. The Morgan fingerprint density at radius 3 is 2.86 bits per heavy atom. The number of carbonyl (C=O) groups excluding carboxylic acids is 1. The van der Waals surface area contributed by atoms with Gasteiger partial charge in [0, 0.05) is 9.50 Å². The molecule has 0 radical (unpaired) electrons. The normalized spacial score (nSPS) is 10.2. The van der Waals surface area contributed by atoms with E-state index in [0.29, 0.717) is 34.3 Å². The average molecular weight is 370 g/mol. The van der Waals surface area contributed by atoms with Crippen molar-refractivity contribution in [1.29, 1.82) is 0 Å². The van der Waals surface area contributed by atoms with Crippen LogP contribution in [0.25, 0.3) is 0 Å². The topological polar surface area (TPSA) is 64.3 Å². The SMILES string of the molecule is CCOC(=O)c1cccc(N)c1Nc1cc(Cl)ccc1Br. The van der Waals surface area contributed by atoms with Gasteiger partial charge in [0.25, 0.3) is 0 Å². The number of halogens is 2. The number of nitrogens with one attached hydrogen (secondary N) is 1. The molecule has 21 heavy (non-hydrogen) atoms. The summed E-state index contributed by atoms with van der Waals surface area (Å²) in [6.07, 6.45) is 0. The lowest BCUT2D eigenvalue weighted by atomic mass is 10.1. The molecule has 2 aromatic carbocycles. The maximum absolute atomic E-state index is 12.0. The number of para-hydroxylation sites is 1. The standard InChI is InChI=1S/C15H14BrClN2O2/c1-2-21-15(20)10-4-3-5-12(18)14(10)19-13-8-9(17)6-7-11(13)16/h3-8,19H,2,18H2,1H3. The van der Waals surface area contributed by atoms with Gasteiger partial charge in [-0.1, -0.05) is 17.7 Å². The van der Waals surface area contributed by atoms with Crippen LogP contribution in [0.3, 0.4) is 0 Å². The largest absolute Gasteiger partial charge is 0.462 e. The first-order valence-corrected chi connectivity index (χ1v) is 7.47. The molecule has 2 aromatic rings. The zero-order valence-corrected chi connectivity index (χ0v) is 13.7. The van der Waals surface area contributed by atoms with E-state index >= 15 is 0 Å². The number of nitrogens with two attached hydrogens (primary N) is 1. The lowest BCUT2D eigenvalue weighted by Crippen LogP contribution is -2.09. The first kappa shape index (κ1) is 15.7. The Hall–Kier alpha value is -1.72. The Labute approximate surface area is 136 Å². The molecule has 110 valence electrons. The molecular weight excluding hydrogens is 356 g/mol. The Morgan fingerprint density at radius 2 is 2.14 bits per heavy atom. The van der Waals surface area contributed by atoms with Crippen LogP contribution in [0.5, 0.6) is 0 Å². The number of rotatable bonds is 4. The number of carbonyl (C=O) groups is 1. The van der Waals surface area contributed by atoms with E-state index in [4.69, 9.17) is 22.1 Å². The molecule has 0 aromatic heterocycles. The van der Waals surface area contributed by atoms with Crippen molar-refractivity contribution < 1.29 is 9.53 Å². The third-order valence-corrected chi connectivity index (χ3v) is 3.71. The first-order valence-electron chi connectivity index (χ1n) is 6.30. The van der Waals surface area contributed by atoms with Crippen molar-refractivity contribution >= 4 is 50.6 Å². The molecule has 3 N–H and O–H groups in total. The molecule has 0 atom stereocenters. The molecule has 0 spiro atoms. The Kier molecular flexibility index (Phi) is 5.09. The van der Waals surface area contributed by atoms with E-state index < -0.39 is 5.97 Å². The molecule has 0 amide bonds. The van der Waals surface area contributed by atoms with E-state index in [1.807, 2.05) is 6.07 Å². The fraction of sp³-hybridized carbons (Fsp3) is 0.133. The van der Waals surface area contributed by atoms with Crippen molar-refractivity contribution in [1.82, 2.24) is 0 Å². The van der Waals surface area contributed by atoms with E-state index in [1.54, 1.807) is 37.3 Å². The highest BCUT2D eigenvalue weighted by Gasteiger charge is 2.16. The smallest absolute Gasteiger partial charge is 0.340 e. The minimum Gasteiger partial charge on any atom is -0.462 e. The molecule has 2 rings (SSSR count). The van der Waals surface area contributed by atoms with Crippen LogP contribution in [0.1, 0.15) is 17.3 Å². The van der Waals surface area contributed by atoms with E-state index in [1.165, 1.54) is 0 Å². The van der Waals surface area contributed by atoms with Crippen LogP contribution in [0.4, 0.5) is 17.1 Å². The molecular formula is C15H14BrClN2O2. The van der Waals surface area contributed by atoms with Gasteiger partial charge in [-0.05, 0) is 53.2 Å². The summed E-state index contributed by atoms with van der Waals surface area (Å²) < 4.78 is 5.85. The fourth-order valence-corrected chi connectivity index (χ4v) is 2.33. The van der Waals surface area contributed by atoms with Crippen molar-refractivity contribution in [3.8, 4) is 0 Å². The summed E-state index contributed by atoms with van der Waals surface area (Å²) in [6, 6.07) is 10.4. The summed E-state index contributed by atoms with van der Waals surface area (Å²) in [4.78, 5) is 12.0. The van der Waals surface area contributed by atoms with Crippen LogP contribution in [0, 0.1) is 0 Å². The zero-order chi connectivity index (χ0) is 15.4. The number of nitrogen functional groups attached to an aromatic ring is 1. The minimum atomic E-state index is -0.426. The second-order valence-electron chi connectivity index (χ2n) is 4.24. The molecule has 0 unspecified atom stereocenters. The van der Waals surface area contributed by atoms with Gasteiger partial charge < -0.3 is 15.8 Å². The third kappa shape index (κ3) is 3.68. The highest BCUT2D eigenvalue weighted by atomic mass is 79.9. The molecule has 0 bridgehead atoms. The Bertz CT molecular complexity index is 677. The molecule has 0 saturated heterocycles. The van der Waals surface area contributed by atoms with Gasteiger partial charge in [-0.3, -0.25) is 0 Å². The van der Waals surface area contributed by atoms with Crippen molar-refractivity contribution in [2.45, 2.75) is 6.92 Å². The summed E-state index contributed by atoms with van der Waals surface area (Å²) >= 11 is 9.42. The van der Waals surface area contributed by atoms with Crippen molar-refractivity contribution in [3.05, 3.63) is 51.5 Å². The number of anilines is 3. The lowest BCUT2D eigenvalue weighted by molar-refractivity contribution is 0.0527. The fourth-order valence-electron chi connectivity index (χ4n) is 1.82. The molecule has 0 fully saturated rings. The minimum absolute atomic E-state index is 0.300.